The van der Waals surface area contributed by atoms with Gasteiger partial charge in [0.05, 0.1) is 11.3 Å². The number of nitrogens with two attached hydrogens (primary N) is 1. The molecule has 0 aliphatic carbocycles. The zero-order valence-corrected chi connectivity index (χ0v) is 23.2. The Balaban J connectivity index is 2.21. The van der Waals surface area contributed by atoms with Gasteiger partial charge in [0, 0.05) is 18.7 Å². The minimum Gasteiger partial charge on any atom is -0.396 e. The van der Waals surface area contributed by atoms with Crippen molar-refractivity contribution in [2.24, 2.45) is 5.73 Å². The van der Waals surface area contributed by atoms with Gasteiger partial charge in [-0.2, -0.15) is 21.6 Å². The summed E-state index contributed by atoms with van der Waals surface area (Å²) in [6.07, 6.45) is 4.40. The van der Waals surface area contributed by atoms with Gasteiger partial charge in [-0.15, -0.1) is 6.58 Å². The van der Waals surface area contributed by atoms with Crippen LogP contribution in [0.2, 0.25) is 0 Å². The Morgan fingerprint density at radius 1 is 1.18 bits per heavy atom. The quantitative estimate of drug-likeness (QED) is 0.103. The third-order valence-corrected chi connectivity index (χ3v) is 7.09. The van der Waals surface area contributed by atoms with Crippen LogP contribution in [-0.2, 0) is 22.6 Å². The van der Waals surface area contributed by atoms with E-state index in [0.29, 0.717) is 24.5 Å². The molecule has 0 radical (unpaired) electrons. The van der Waals surface area contributed by atoms with Crippen molar-refractivity contribution < 1.29 is 31.1 Å². The fraction of sp³-hybridized carbons (Fsp3) is 0.393. The number of rotatable bonds is 16. The van der Waals surface area contributed by atoms with E-state index in [9.17, 15) is 26.0 Å². The van der Waals surface area contributed by atoms with Crippen LogP contribution in [0.5, 0.6) is 0 Å². The molecule has 1 aromatic heterocycles. The summed E-state index contributed by atoms with van der Waals surface area (Å²) in [5, 5.41) is 8.46. The van der Waals surface area contributed by atoms with E-state index in [2.05, 4.69) is 28.1 Å². The first-order chi connectivity index (χ1) is 18.9. The highest BCUT2D eigenvalue weighted by molar-refractivity contribution is 7.96. The Morgan fingerprint density at radius 3 is 2.55 bits per heavy atom. The first-order valence-corrected chi connectivity index (χ1v) is 14.4. The molecule has 0 amide bonds. The molecule has 0 bridgehead atoms. The standard InChI is InChI=1S/C28H36F4N4O3S/c1-3-10-21-12-13-22(29)20-23(21)27-24(28(30,31)32)14-15-26(34-27)35-40(38,39)25(33)11-7-5-6-8-17-36(16-4-2)18-9-19-37/h3,5,7,11-15,20,37H,1,4,6,8-10,16-19,33H2,2H3,(H,34,35)/b7-5-,25-11+. The van der Waals surface area contributed by atoms with Crippen molar-refractivity contribution in [3.63, 3.8) is 0 Å². The number of halogens is 4. The molecule has 0 unspecified atom stereocenters. The smallest absolute Gasteiger partial charge is 0.396 e. The van der Waals surface area contributed by atoms with E-state index in [1.165, 1.54) is 24.3 Å². The molecule has 40 heavy (non-hydrogen) atoms. The molecule has 220 valence electrons. The predicted molar refractivity (Wildman–Crippen MR) is 150 cm³/mol. The maximum atomic E-state index is 14.0. The van der Waals surface area contributed by atoms with Crippen molar-refractivity contribution in [1.82, 2.24) is 9.88 Å². The van der Waals surface area contributed by atoms with Gasteiger partial charge in [-0.3, -0.25) is 4.72 Å². The summed E-state index contributed by atoms with van der Waals surface area (Å²) in [6, 6.07) is 4.92. The van der Waals surface area contributed by atoms with E-state index in [1.807, 2.05) is 0 Å². The Morgan fingerprint density at radius 2 is 1.90 bits per heavy atom. The van der Waals surface area contributed by atoms with Crippen LogP contribution in [-0.4, -0.2) is 49.6 Å². The summed E-state index contributed by atoms with van der Waals surface area (Å²) in [4.78, 5) is 6.15. The van der Waals surface area contributed by atoms with Gasteiger partial charge < -0.3 is 15.7 Å². The lowest BCUT2D eigenvalue weighted by Crippen LogP contribution is -2.27. The highest BCUT2D eigenvalue weighted by atomic mass is 32.2. The van der Waals surface area contributed by atoms with Crippen LogP contribution in [0.1, 0.15) is 43.7 Å². The number of aliphatic hydroxyl groups excluding tert-OH is 1. The zero-order chi connectivity index (χ0) is 29.8. The number of anilines is 1. The topological polar surface area (TPSA) is 109 Å². The molecule has 1 aromatic carbocycles. The maximum absolute atomic E-state index is 14.0. The molecule has 0 saturated heterocycles. The van der Waals surface area contributed by atoms with E-state index in [0.717, 1.165) is 50.7 Å². The Kier molecular flexibility index (Phi) is 12.8. The van der Waals surface area contributed by atoms with Crippen molar-refractivity contribution in [2.75, 3.05) is 31.0 Å². The number of aliphatic hydroxyl groups is 1. The zero-order valence-electron chi connectivity index (χ0n) is 22.4. The minimum absolute atomic E-state index is 0.131. The van der Waals surface area contributed by atoms with Gasteiger partial charge in [-0.1, -0.05) is 31.2 Å². The summed E-state index contributed by atoms with van der Waals surface area (Å²) in [7, 11) is -4.34. The van der Waals surface area contributed by atoms with Crippen LogP contribution >= 0.6 is 0 Å². The number of alkyl halides is 3. The lowest BCUT2D eigenvalue weighted by atomic mass is 9.97. The third kappa shape index (κ3) is 10.1. The molecule has 0 spiro atoms. The van der Waals surface area contributed by atoms with Crippen LogP contribution in [0.3, 0.4) is 0 Å². The van der Waals surface area contributed by atoms with Crippen LogP contribution in [0.15, 0.2) is 66.2 Å². The van der Waals surface area contributed by atoms with Crippen molar-refractivity contribution in [3.8, 4) is 11.3 Å². The minimum atomic E-state index is -4.83. The number of allylic oxidation sites excluding steroid dienone is 4. The molecule has 0 fully saturated rings. The fourth-order valence-corrected chi connectivity index (χ4v) is 4.74. The van der Waals surface area contributed by atoms with Crippen molar-refractivity contribution >= 4 is 15.8 Å². The average molecular weight is 585 g/mol. The lowest BCUT2D eigenvalue weighted by Gasteiger charge is -2.20. The van der Waals surface area contributed by atoms with Crippen LogP contribution in [0, 0.1) is 5.82 Å². The summed E-state index contributed by atoms with van der Waals surface area (Å²) in [5.74, 6) is -1.18. The molecular weight excluding hydrogens is 548 g/mol. The number of nitrogens with one attached hydrogen (secondary N) is 1. The van der Waals surface area contributed by atoms with E-state index in [4.69, 9.17) is 10.8 Å². The van der Waals surface area contributed by atoms with Gasteiger partial charge >= 0.3 is 6.18 Å². The highest BCUT2D eigenvalue weighted by Crippen LogP contribution is 2.38. The monoisotopic (exact) mass is 584 g/mol. The molecule has 0 aliphatic heterocycles. The number of pyridine rings is 1. The lowest BCUT2D eigenvalue weighted by molar-refractivity contribution is -0.137. The van der Waals surface area contributed by atoms with E-state index >= 15 is 0 Å². The number of hydrogen-bond donors (Lipinski definition) is 3. The van der Waals surface area contributed by atoms with Gasteiger partial charge in [0.1, 0.15) is 16.7 Å². The molecule has 0 atom stereocenters. The summed E-state index contributed by atoms with van der Waals surface area (Å²) >= 11 is 0. The maximum Gasteiger partial charge on any atom is 0.418 e. The van der Waals surface area contributed by atoms with E-state index in [-0.39, 0.29) is 18.6 Å². The van der Waals surface area contributed by atoms with Gasteiger partial charge in [0.15, 0.2) is 0 Å². The van der Waals surface area contributed by atoms with Gasteiger partial charge in [0.25, 0.3) is 10.0 Å². The highest BCUT2D eigenvalue weighted by Gasteiger charge is 2.35. The molecule has 4 N–H and O–H groups in total. The number of benzene rings is 1. The molecule has 2 aromatic rings. The molecule has 12 heteroatoms. The second-order valence-electron chi connectivity index (χ2n) is 9.05. The normalized spacial score (nSPS) is 12.8. The second-order valence-corrected chi connectivity index (χ2v) is 10.7. The van der Waals surface area contributed by atoms with Crippen LogP contribution in [0.4, 0.5) is 23.4 Å². The Labute approximate surface area is 233 Å². The average Bonchev–Trinajstić information content (AvgIpc) is 2.89. The first kappa shape index (κ1) is 33.0. The molecule has 0 saturated carbocycles. The summed E-state index contributed by atoms with van der Waals surface area (Å²) in [6.45, 7) is 8.35. The fourth-order valence-electron chi connectivity index (χ4n) is 3.98. The predicted octanol–water partition coefficient (Wildman–Crippen LogP) is 5.61. The second kappa shape index (κ2) is 15.5. The number of nitrogens with zero attached hydrogens (tertiary/aromatic N) is 2. The van der Waals surface area contributed by atoms with Crippen molar-refractivity contribution in [1.29, 1.82) is 0 Å². The van der Waals surface area contributed by atoms with Crippen LogP contribution in [0.25, 0.3) is 11.3 Å². The summed E-state index contributed by atoms with van der Waals surface area (Å²) in [5.41, 5.74) is 4.19. The van der Waals surface area contributed by atoms with Gasteiger partial charge in [0.2, 0.25) is 0 Å². The molecule has 7 nitrogen and oxygen atoms in total. The molecule has 0 aliphatic rings. The van der Waals surface area contributed by atoms with Crippen molar-refractivity contribution in [3.05, 3.63) is 83.2 Å². The van der Waals surface area contributed by atoms with E-state index in [1.54, 1.807) is 6.08 Å². The largest absolute Gasteiger partial charge is 0.418 e. The molecule has 2 rings (SSSR count). The molecular formula is C28H36F4N4O3S. The SMILES string of the molecule is C=CCc1ccc(F)cc1-c1nc(NS(=O)(=O)/C(N)=C/C=C\CCCN(CCC)CCCO)ccc1C(F)(F)F. The van der Waals surface area contributed by atoms with E-state index < -0.39 is 44.1 Å². The molecule has 1 heterocycles. The van der Waals surface area contributed by atoms with Gasteiger partial charge in [-0.25, -0.2) is 9.37 Å². The third-order valence-electron chi connectivity index (χ3n) is 5.86. The van der Waals surface area contributed by atoms with Crippen LogP contribution < -0.4 is 10.5 Å². The number of sulfonamides is 1. The van der Waals surface area contributed by atoms with Crippen molar-refractivity contribution in [2.45, 2.75) is 45.2 Å². The summed E-state index contributed by atoms with van der Waals surface area (Å²) < 4.78 is 82.9. The number of unbranched alkanes of at least 4 members (excludes halogenated alkanes) is 1. The first-order valence-electron chi connectivity index (χ1n) is 12.9. The number of aromatic nitrogens is 1. The van der Waals surface area contributed by atoms with Gasteiger partial charge in [-0.05, 0) is 81.1 Å². The Bertz CT molecular complexity index is 1290. The number of hydrogen-bond acceptors (Lipinski definition) is 6. The Hall–Kier alpha value is -3.22.